The van der Waals surface area contributed by atoms with Gasteiger partial charge in [0.1, 0.15) is 28.4 Å². The standard InChI is InChI=1S/C77H81N5O/c1-42(2)53-21-17-22-54(43(3)4)71(53)50-29-32-63-61-33-30-51(38-65(61)75-78-40-69(81(75)68(63)37-50)73-57(46(9)10)25-19-26-58(73)47(11)12)83-52-31-34-62-64-35-36-67(72-55(44(5)6)23-18-24-56(72)45(7)8)80-77(64)82-70(41-79-76(82)66(62)39-52)74-59(48(13)14)27-20-28-60(74)49(15)16/h17-49H,1-16H3. The Labute approximate surface area is 491 Å². The smallest absolute Gasteiger partial charge is 0.147 e. The third-order valence-electron chi connectivity index (χ3n) is 17.7. The second-order valence-corrected chi connectivity index (χ2v) is 25.9. The number of fused-ring (bicyclic) bond motifs is 12. The van der Waals surface area contributed by atoms with Gasteiger partial charge in [-0.15, -0.1) is 0 Å². The molecular weight excluding hydrogens is 1010 g/mol. The van der Waals surface area contributed by atoms with Gasteiger partial charge in [-0.1, -0.05) is 196 Å². The highest BCUT2D eigenvalue weighted by atomic mass is 16.5. The summed E-state index contributed by atoms with van der Waals surface area (Å²) in [6.45, 7) is 36.8. The third kappa shape index (κ3) is 9.37. The summed E-state index contributed by atoms with van der Waals surface area (Å²) < 4.78 is 11.9. The molecule has 12 aromatic rings. The third-order valence-corrected chi connectivity index (χ3v) is 17.7. The second kappa shape index (κ2) is 21.6. The Hall–Kier alpha value is -8.09. The van der Waals surface area contributed by atoms with Gasteiger partial charge in [0, 0.05) is 38.2 Å². The van der Waals surface area contributed by atoms with Crippen molar-refractivity contribution in [1.29, 1.82) is 0 Å². The predicted octanol–water partition coefficient (Wildman–Crippen LogP) is 22.4. The summed E-state index contributed by atoms with van der Waals surface area (Å²) in [6, 6.07) is 52.0. The first kappa shape index (κ1) is 55.4. The number of pyridine rings is 3. The monoisotopic (exact) mass is 1090 g/mol. The van der Waals surface area contributed by atoms with Crippen LogP contribution in [0, 0.1) is 0 Å². The van der Waals surface area contributed by atoms with E-state index >= 15 is 0 Å². The quantitative estimate of drug-likeness (QED) is 0.102. The lowest BCUT2D eigenvalue weighted by Gasteiger charge is -2.22. The van der Waals surface area contributed by atoms with E-state index in [0.29, 0.717) is 47.3 Å². The van der Waals surface area contributed by atoms with Crippen LogP contribution in [0.3, 0.4) is 0 Å². The molecule has 0 atom stereocenters. The van der Waals surface area contributed by atoms with Gasteiger partial charge in [0.2, 0.25) is 0 Å². The Morgan fingerprint density at radius 1 is 0.313 bits per heavy atom. The highest BCUT2D eigenvalue weighted by Gasteiger charge is 2.27. The fourth-order valence-corrected chi connectivity index (χ4v) is 13.5. The van der Waals surface area contributed by atoms with Gasteiger partial charge in [0.05, 0.1) is 35.0 Å². The molecule has 420 valence electrons. The zero-order chi connectivity index (χ0) is 58.4. The Bertz CT molecular complexity index is 4110. The van der Waals surface area contributed by atoms with Crippen LogP contribution in [0.4, 0.5) is 0 Å². The van der Waals surface area contributed by atoms with Crippen molar-refractivity contribution >= 4 is 54.8 Å². The molecule has 0 N–H and O–H groups in total. The van der Waals surface area contributed by atoms with Crippen LogP contribution in [-0.4, -0.2) is 23.8 Å². The maximum Gasteiger partial charge on any atom is 0.147 e. The Balaban J connectivity index is 1.08. The molecule has 5 heterocycles. The molecule has 6 nitrogen and oxygen atoms in total. The number of nitrogens with zero attached hydrogens (tertiary/aromatic N) is 5. The molecule has 0 spiro atoms. The van der Waals surface area contributed by atoms with E-state index in [2.05, 4.69) is 272 Å². The molecule has 0 aliphatic carbocycles. The average molecular weight is 1090 g/mol. The minimum atomic E-state index is 0.293. The van der Waals surface area contributed by atoms with Crippen LogP contribution in [0.5, 0.6) is 11.5 Å². The van der Waals surface area contributed by atoms with Crippen molar-refractivity contribution in [2.45, 2.75) is 158 Å². The summed E-state index contributed by atoms with van der Waals surface area (Å²) in [4.78, 5) is 16.6. The maximum atomic E-state index is 7.11. The van der Waals surface area contributed by atoms with E-state index in [1.165, 1.54) is 77.7 Å². The van der Waals surface area contributed by atoms with Crippen molar-refractivity contribution < 1.29 is 4.74 Å². The first-order valence-corrected chi connectivity index (χ1v) is 30.6. The van der Waals surface area contributed by atoms with E-state index < -0.39 is 0 Å². The van der Waals surface area contributed by atoms with Crippen LogP contribution in [-0.2, 0) is 0 Å². The number of aromatic nitrogens is 5. The molecule has 6 heteroatoms. The number of rotatable bonds is 14. The topological polar surface area (TPSA) is 56.7 Å². The Morgan fingerprint density at radius 2 is 0.675 bits per heavy atom. The molecule has 0 amide bonds. The molecule has 12 rings (SSSR count). The van der Waals surface area contributed by atoms with Gasteiger partial charge >= 0.3 is 0 Å². The lowest BCUT2D eigenvalue weighted by molar-refractivity contribution is 0.484. The van der Waals surface area contributed by atoms with Gasteiger partial charge < -0.3 is 4.74 Å². The largest absolute Gasteiger partial charge is 0.457 e. The Morgan fingerprint density at radius 3 is 1.11 bits per heavy atom. The summed E-state index contributed by atoms with van der Waals surface area (Å²) in [5, 5.41) is 6.48. The SMILES string of the molecule is CC(C)c1cccc(C(C)C)c1-c1ccc2c3ccc(Oc4ccc5c(c4)c4ncc(-c6c(C(C)C)cccc6C(C)C)n4c4nc(-c6c(C(C)C)cccc6C(C)C)ccc54)cc3c3ncc(-c4c(C(C)C)cccc4C(C)C)n3c2c1. The van der Waals surface area contributed by atoms with Crippen molar-refractivity contribution in [2.75, 3.05) is 0 Å². The second-order valence-electron chi connectivity index (χ2n) is 25.9. The first-order valence-electron chi connectivity index (χ1n) is 30.6. The van der Waals surface area contributed by atoms with Crippen molar-refractivity contribution in [1.82, 2.24) is 23.8 Å². The van der Waals surface area contributed by atoms with Crippen molar-refractivity contribution in [2.24, 2.45) is 0 Å². The average Bonchev–Trinajstić information content (AvgIpc) is 4.37. The normalized spacial score (nSPS) is 12.5. The number of ether oxygens (including phenoxy) is 1. The molecule has 0 fully saturated rings. The lowest BCUT2D eigenvalue weighted by atomic mass is 9.84. The van der Waals surface area contributed by atoms with E-state index in [0.717, 1.165) is 78.0 Å². The summed E-state index contributed by atoms with van der Waals surface area (Å²) in [7, 11) is 0. The maximum absolute atomic E-state index is 7.11. The van der Waals surface area contributed by atoms with Crippen LogP contribution in [0.1, 0.15) is 203 Å². The van der Waals surface area contributed by atoms with E-state index in [1.54, 1.807) is 0 Å². The molecule has 0 saturated heterocycles. The molecule has 0 aliphatic rings. The molecule has 0 bridgehead atoms. The zero-order valence-corrected chi connectivity index (χ0v) is 51.7. The highest BCUT2D eigenvalue weighted by Crippen LogP contribution is 2.46. The van der Waals surface area contributed by atoms with Crippen molar-refractivity contribution in [3.8, 4) is 56.4 Å². The van der Waals surface area contributed by atoms with Gasteiger partial charge in [0.25, 0.3) is 0 Å². The van der Waals surface area contributed by atoms with E-state index in [4.69, 9.17) is 19.7 Å². The minimum Gasteiger partial charge on any atom is -0.457 e. The lowest BCUT2D eigenvalue weighted by Crippen LogP contribution is -2.05. The number of benzene rings is 7. The van der Waals surface area contributed by atoms with E-state index in [9.17, 15) is 0 Å². The van der Waals surface area contributed by atoms with Crippen LogP contribution in [0.25, 0.3) is 99.7 Å². The molecule has 83 heavy (non-hydrogen) atoms. The van der Waals surface area contributed by atoms with Gasteiger partial charge in [-0.2, -0.15) is 0 Å². The van der Waals surface area contributed by atoms with Crippen LogP contribution < -0.4 is 4.74 Å². The van der Waals surface area contributed by atoms with Gasteiger partial charge in [-0.3, -0.25) is 8.80 Å². The Kier molecular flexibility index (Phi) is 14.4. The summed E-state index contributed by atoms with van der Waals surface area (Å²) in [5.41, 5.74) is 23.8. The molecular formula is C77H81N5O. The summed E-state index contributed by atoms with van der Waals surface area (Å²) in [5.74, 6) is 4.05. The summed E-state index contributed by atoms with van der Waals surface area (Å²) >= 11 is 0. The number of hydrogen-bond donors (Lipinski definition) is 0. The molecule has 0 aliphatic heterocycles. The van der Waals surface area contributed by atoms with E-state index in [-0.39, 0.29) is 0 Å². The highest BCUT2D eigenvalue weighted by molar-refractivity contribution is 6.14. The van der Waals surface area contributed by atoms with Crippen LogP contribution in [0.2, 0.25) is 0 Å². The molecule has 5 aromatic heterocycles. The van der Waals surface area contributed by atoms with Crippen molar-refractivity contribution in [3.05, 3.63) is 196 Å². The fourth-order valence-electron chi connectivity index (χ4n) is 13.5. The number of hydrogen-bond acceptors (Lipinski definition) is 4. The summed E-state index contributed by atoms with van der Waals surface area (Å²) in [6.07, 6.45) is 4.20. The number of imidazole rings is 2. The molecule has 0 radical (unpaired) electrons. The predicted molar refractivity (Wildman–Crippen MR) is 353 cm³/mol. The van der Waals surface area contributed by atoms with Gasteiger partial charge in [-0.05, 0) is 168 Å². The van der Waals surface area contributed by atoms with Crippen molar-refractivity contribution in [3.63, 3.8) is 0 Å². The zero-order valence-electron chi connectivity index (χ0n) is 51.7. The van der Waals surface area contributed by atoms with Gasteiger partial charge in [-0.25, -0.2) is 15.0 Å². The first-order chi connectivity index (χ1) is 39.8. The van der Waals surface area contributed by atoms with E-state index in [1.807, 2.05) is 0 Å². The fraction of sp³-hybridized carbons (Fsp3) is 0.312. The van der Waals surface area contributed by atoms with Gasteiger partial charge in [0.15, 0.2) is 0 Å². The molecule has 7 aromatic carbocycles. The molecule has 0 unspecified atom stereocenters. The van der Waals surface area contributed by atoms with Crippen LogP contribution >= 0.6 is 0 Å². The van der Waals surface area contributed by atoms with Crippen LogP contribution in [0.15, 0.2) is 152 Å². The molecule has 0 saturated carbocycles. The minimum absolute atomic E-state index is 0.293.